The fourth-order valence-corrected chi connectivity index (χ4v) is 1.73. The molecule has 0 fully saturated rings. The first-order valence-electron chi connectivity index (χ1n) is 5.37. The Kier molecular flexibility index (Phi) is 6.51. The number of hydrogen-bond donors (Lipinski definition) is 0. The molecule has 0 saturated carbocycles. The largest absolute Gasteiger partial charge is 0.0651 e. The summed E-state index contributed by atoms with van der Waals surface area (Å²) >= 11 is 0. The Morgan fingerprint density at radius 2 is 1.75 bits per heavy atom. The Hall–Kier alpha value is 0. The van der Waals surface area contributed by atoms with E-state index in [1.165, 1.54) is 25.7 Å². The predicted molar refractivity (Wildman–Crippen MR) is 57.1 cm³/mol. The Bertz CT molecular complexity index is 92.2. The van der Waals surface area contributed by atoms with Gasteiger partial charge in [-0.25, -0.2) is 0 Å². The van der Waals surface area contributed by atoms with Crippen LogP contribution in [-0.4, -0.2) is 0 Å². The Morgan fingerprint density at radius 3 is 2.08 bits per heavy atom. The van der Waals surface area contributed by atoms with Crippen LogP contribution in [0.15, 0.2) is 0 Å². The van der Waals surface area contributed by atoms with E-state index in [0.717, 1.165) is 11.8 Å². The highest BCUT2D eigenvalue weighted by atomic mass is 14.2. The molecule has 0 aromatic rings. The lowest BCUT2D eigenvalue weighted by molar-refractivity contribution is 0.339. The van der Waals surface area contributed by atoms with Gasteiger partial charge in [0.15, 0.2) is 0 Å². The van der Waals surface area contributed by atoms with Gasteiger partial charge in [-0.3, -0.25) is 0 Å². The summed E-state index contributed by atoms with van der Waals surface area (Å²) in [4.78, 5) is 0. The van der Waals surface area contributed by atoms with Crippen LogP contribution in [0.4, 0.5) is 0 Å². The normalized spacial score (nSPS) is 14.2. The monoisotopic (exact) mass is 169 g/mol. The first-order chi connectivity index (χ1) is 5.57. The van der Waals surface area contributed by atoms with Crippen molar-refractivity contribution < 1.29 is 0 Å². The quantitative estimate of drug-likeness (QED) is 0.551. The smallest absolute Gasteiger partial charge is 0.0303 e. The molecule has 0 heteroatoms. The molecule has 0 N–H and O–H groups in total. The van der Waals surface area contributed by atoms with E-state index in [0.29, 0.717) is 0 Å². The van der Waals surface area contributed by atoms with Gasteiger partial charge in [0.1, 0.15) is 0 Å². The van der Waals surface area contributed by atoms with Crippen molar-refractivity contribution in [1.82, 2.24) is 0 Å². The van der Waals surface area contributed by atoms with Crippen LogP contribution < -0.4 is 0 Å². The molecule has 0 bridgehead atoms. The summed E-state index contributed by atoms with van der Waals surface area (Å²) in [7, 11) is 0. The molecule has 0 aliphatic heterocycles. The van der Waals surface area contributed by atoms with Crippen LogP contribution in [0.3, 0.4) is 0 Å². The summed E-state index contributed by atoms with van der Waals surface area (Å²) < 4.78 is 0. The van der Waals surface area contributed by atoms with Gasteiger partial charge in [-0.05, 0) is 24.2 Å². The van der Waals surface area contributed by atoms with E-state index < -0.39 is 0 Å². The van der Waals surface area contributed by atoms with Crippen molar-refractivity contribution >= 4 is 0 Å². The minimum atomic E-state index is 0.868. The van der Waals surface area contributed by atoms with Gasteiger partial charge in [-0.1, -0.05) is 53.9 Å². The van der Waals surface area contributed by atoms with Gasteiger partial charge in [0.25, 0.3) is 0 Å². The summed E-state index contributed by atoms with van der Waals surface area (Å²) in [5.74, 6) is 3.39. The average molecular weight is 169 g/mol. The molecule has 0 saturated heterocycles. The molecule has 73 valence electrons. The Balaban J connectivity index is 3.45. The van der Waals surface area contributed by atoms with Crippen LogP contribution >= 0.6 is 0 Å². The van der Waals surface area contributed by atoms with E-state index in [1.807, 2.05) is 0 Å². The first kappa shape index (κ1) is 12.0. The van der Waals surface area contributed by atoms with E-state index >= 15 is 0 Å². The SMILES string of the molecule is CCC(CCC[C](C)C)C(C)C. The summed E-state index contributed by atoms with van der Waals surface area (Å²) in [5.41, 5.74) is 0. The Labute approximate surface area is 78.8 Å². The highest BCUT2D eigenvalue weighted by Gasteiger charge is 2.10. The van der Waals surface area contributed by atoms with Crippen molar-refractivity contribution in [2.75, 3.05) is 0 Å². The summed E-state index contributed by atoms with van der Waals surface area (Å²) in [5, 5.41) is 0. The maximum atomic E-state index is 2.34. The van der Waals surface area contributed by atoms with Gasteiger partial charge < -0.3 is 0 Å². The highest BCUT2D eigenvalue weighted by molar-refractivity contribution is 4.76. The van der Waals surface area contributed by atoms with E-state index in [4.69, 9.17) is 0 Å². The van der Waals surface area contributed by atoms with Crippen LogP contribution in [0.5, 0.6) is 0 Å². The second kappa shape index (κ2) is 6.51. The highest BCUT2D eigenvalue weighted by Crippen LogP contribution is 2.22. The van der Waals surface area contributed by atoms with Crippen molar-refractivity contribution in [3.8, 4) is 0 Å². The molecule has 1 radical (unpaired) electrons. The maximum absolute atomic E-state index is 2.34. The zero-order valence-electron chi connectivity index (χ0n) is 9.48. The lowest BCUT2D eigenvalue weighted by Crippen LogP contribution is -2.07. The van der Waals surface area contributed by atoms with Crippen LogP contribution in [0.1, 0.15) is 60.3 Å². The zero-order valence-corrected chi connectivity index (χ0v) is 9.48. The molecule has 0 aliphatic rings. The maximum Gasteiger partial charge on any atom is -0.0303 e. The van der Waals surface area contributed by atoms with Gasteiger partial charge in [0.2, 0.25) is 0 Å². The predicted octanol–water partition coefficient (Wildman–Crippen LogP) is 4.45. The molecule has 0 nitrogen and oxygen atoms in total. The number of rotatable bonds is 6. The number of hydrogen-bond acceptors (Lipinski definition) is 0. The fourth-order valence-electron chi connectivity index (χ4n) is 1.73. The first-order valence-corrected chi connectivity index (χ1v) is 5.37. The van der Waals surface area contributed by atoms with Gasteiger partial charge >= 0.3 is 0 Å². The van der Waals surface area contributed by atoms with E-state index in [9.17, 15) is 0 Å². The van der Waals surface area contributed by atoms with Crippen LogP contribution in [0, 0.1) is 17.8 Å². The molecule has 0 rings (SSSR count). The Morgan fingerprint density at radius 1 is 1.17 bits per heavy atom. The lowest BCUT2D eigenvalue weighted by Gasteiger charge is -2.18. The van der Waals surface area contributed by atoms with E-state index in [1.54, 1.807) is 5.92 Å². The molecule has 0 heterocycles. The average Bonchev–Trinajstić information content (AvgIpc) is 1.96. The molecular weight excluding hydrogens is 144 g/mol. The fraction of sp³-hybridized carbons (Fsp3) is 0.917. The molecule has 0 aromatic heterocycles. The minimum Gasteiger partial charge on any atom is -0.0651 e. The molecule has 1 unspecified atom stereocenters. The molecule has 0 spiro atoms. The van der Waals surface area contributed by atoms with Crippen molar-refractivity contribution in [2.24, 2.45) is 11.8 Å². The molecule has 12 heavy (non-hydrogen) atoms. The van der Waals surface area contributed by atoms with Gasteiger partial charge in [-0.2, -0.15) is 0 Å². The molecule has 0 amide bonds. The van der Waals surface area contributed by atoms with Gasteiger partial charge in [0, 0.05) is 0 Å². The molecular formula is C12H25. The van der Waals surface area contributed by atoms with Crippen LogP contribution in [0.25, 0.3) is 0 Å². The van der Waals surface area contributed by atoms with Gasteiger partial charge in [0.05, 0.1) is 0 Å². The zero-order chi connectivity index (χ0) is 9.56. The standard InChI is InChI=1S/C12H25/c1-6-12(11(4)5)9-7-8-10(2)3/h11-12H,6-9H2,1-5H3. The third-order valence-corrected chi connectivity index (χ3v) is 2.72. The van der Waals surface area contributed by atoms with Crippen molar-refractivity contribution in [1.29, 1.82) is 0 Å². The minimum absolute atomic E-state index is 0.868. The molecule has 0 aliphatic carbocycles. The molecule has 0 aromatic carbocycles. The van der Waals surface area contributed by atoms with Crippen molar-refractivity contribution in [3.05, 3.63) is 5.92 Å². The second-order valence-electron chi connectivity index (χ2n) is 4.51. The van der Waals surface area contributed by atoms with Crippen LogP contribution in [-0.2, 0) is 0 Å². The van der Waals surface area contributed by atoms with Crippen LogP contribution in [0.2, 0.25) is 0 Å². The lowest BCUT2D eigenvalue weighted by atomic mass is 9.87. The summed E-state index contributed by atoms with van der Waals surface area (Å²) in [6, 6.07) is 0. The second-order valence-corrected chi connectivity index (χ2v) is 4.51. The van der Waals surface area contributed by atoms with Gasteiger partial charge in [-0.15, -0.1) is 0 Å². The third kappa shape index (κ3) is 5.62. The topological polar surface area (TPSA) is 0 Å². The van der Waals surface area contributed by atoms with Crippen molar-refractivity contribution in [3.63, 3.8) is 0 Å². The third-order valence-electron chi connectivity index (χ3n) is 2.72. The van der Waals surface area contributed by atoms with Crippen molar-refractivity contribution in [2.45, 2.75) is 60.3 Å². The van der Waals surface area contributed by atoms with E-state index in [2.05, 4.69) is 34.6 Å². The summed E-state index contributed by atoms with van der Waals surface area (Å²) in [6.07, 6.45) is 5.47. The molecule has 1 atom stereocenters. The summed E-state index contributed by atoms with van der Waals surface area (Å²) in [6.45, 7) is 11.5. The van der Waals surface area contributed by atoms with E-state index in [-0.39, 0.29) is 0 Å².